The summed E-state index contributed by atoms with van der Waals surface area (Å²) < 4.78 is 52.4. The number of nitrogens with one attached hydrogen (secondary N) is 1. The maximum Gasteiger partial charge on any atom is 0.407 e. The molecule has 2 saturated heterocycles. The minimum atomic E-state index is -4.23. The molecule has 5 N–H and O–H groups in total. The van der Waals surface area contributed by atoms with Gasteiger partial charge >= 0.3 is 6.09 Å². The van der Waals surface area contributed by atoms with E-state index < -0.39 is 46.0 Å². The Labute approximate surface area is 287 Å². The Morgan fingerprint density at radius 2 is 1.84 bits per heavy atom. The first kappa shape index (κ1) is 36.8. The first-order valence-corrected chi connectivity index (χ1v) is 18.2. The maximum atomic E-state index is 14.4. The number of nitrogens with zero attached hydrogens (tertiary/aromatic N) is 2. The van der Waals surface area contributed by atoms with Crippen LogP contribution in [0.4, 0.5) is 4.79 Å². The molecule has 0 saturated carbocycles. The van der Waals surface area contributed by atoms with E-state index in [9.17, 15) is 28.2 Å². The second-order valence-corrected chi connectivity index (χ2v) is 15.5. The molecule has 2 aromatic rings. The Bertz CT molecular complexity index is 1540. The van der Waals surface area contributed by atoms with Crippen LogP contribution in [0.1, 0.15) is 45.1 Å². The molecule has 0 aromatic heterocycles. The smallest absolute Gasteiger partial charge is 0.407 e. The van der Waals surface area contributed by atoms with Gasteiger partial charge in [0.15, 0.2) is 17.8 Å². The SMILES string of the molecule is CC(C)(CCCCNC(=O)CN)CN(C[C@@H](O)[C@H](Cc1ccccc1)N(C(=O)O)[C@H]1CO[C@H]2OCC[C@H]21)S(=O)(=O)c1ccc2c(c1)OCO2. The summed E-state index contributed by atoms with van der Waals surface area (Å²) in [6.45, 7) is 4.45. The zero-order chi connectivity index (χ0) is 35.2. The van der Waals surface area contributed by atoms with Crippen LogP contribution in [0.5, 0.6) is 11.5 Å². The number of aliphatic hydroxyl groups is 1. The van der Waals surface area contributed by atoms with Crippen molar-refractivity contribution in [3.05, 3.63) is 54.1 Å². The van der Waals surface area contributed by atoms with Crippen molar-refractivity contribution in [3.63, 3.8) is 0 Å². The number of fused-ring (bicyclic) bond motifs is 2. The van der Waals surface area contributed by atoms with Gasteiger partial charge in [0.25, 0.3) is 0 Å². The predicted octanol–water partition coefficient (Wildman–Crippen LogP) is 2.39. The molecule has 5 rings (SSSR count). The zero-order valence-corrected chi connectivity index (χ0v) is 28.8. The molecule has 14 nitrogen and oxygen atoms in total. The number of carbonyl (C=O) groups is 2. The number of amides is 2. The summed E-state index contributed by atoms with van der Waals surface area (Å²) in [5.41, 5.74) is 5.60. The lowest BCUT2D eigenvalue weighted by Crippen LogP contribution is -2.58. The van der Waals surface area contributed by atoms with Crippen LogP contribution in [-0.2, 0) is 30.7 Å². The Balaban J connectivity index is 1.43. The average Bonchev–Trinajstić information content (AvgIpc) is 3.82. The van der Waals surface area contributed by atoms with Crippen LogP contribution in [0.25, 0.3) is 0 Å². The van der Waals surface area contributed by atoms with Crippen LogP contribution in [0.3, 0.4) is 0 Å². The summed E-state index contributed by atoms with van der Waals surface area (Å²) in [5, 5.41) is 25.4. The van der Waals surface area contributed by atoms with E-state index in [2.05, 4.69) is 5.32 Å². The Morgan fingerprint density at radius 1 is 1.08 bits per heavy atom. The lowest BCUT2D eigenvalue weighted by Gasteiger charge is -2.40. The van der Waals surface area contributed by atoms with Crippen LogP contribution in [-0.4, -0.2) is 110 Å². The highest BCUT2D eigenvalue weighted by Gasteiger charge is 2.49. The molecular formula is C34H48N4O10S. The number of aliphatic hydroxyl groups excluding tert-OH is 1. The normalized spacial score (nSPS) is 21.4. The summed E-state index contributed by atoms with van der Waals surface area (Å²) in [6, 6.07) is 12.0. The van der Waals surface area contributed by atoms with Gasteiger partial charge in [-0.05, 0) is 48.8 Å². The Morgan fingerprint density at radius 3 is 2.57 bits per heavy atom. The molecule has 3 heterocycles. The van der Waals surface area contributed by atoms with Crippen molar-refractivity contribution in [1.82, 2.24) is 14.5 Å². The summed E-state index contributed by atoms with van der Waals surface area (Å²) in [6.07, 6.45) is -0.402. The summed E-state index contributed by atoms with van der Waals surface area (Å²) in [4.78, 5) is 25.8. The summed E-state index contributed by atoms with van der Waals surface area (Å²) in [5.74, 6) is 0.285. The van der Waals surface area contributed by atoms with E-state index in [1.807, 2.05) is 44.2 Å². The number of nitrogens with two attached hydrogens (primary N) is 1. The van der Waals surface area contributed by atoms with Gasteiger partial charge in [-0.2, -0.15) is 4.31 Å². The van der Waals surface area contributed by atoms with E-state index >= 15 is 0 Å². The molecule has 5 atom stereocenters. The van der Waals surface area contributed by atoms with E-state index in [1.165, 1.54) is 27.4 Å². The number of carbonyl (C=O) groups excluding carboxylic acids is 1. The molecule has 2 aromatic carbocycles. The minimum absolute atomic E-state index is 0.0238. The highest BCUT2D eigenvalue weighted by molar-refractivity contribution is 7.89. The lowest BCUT2D eigenvalue weighted by molar-refractivity contribution is -0.119. The van der Waals surface area contributed by atoms with Gasteiger partial charge < -0.3 is 40.2 Å². The fourth-order valence-electron chi connectivity index (χ4n) is 6.88. The molecule has 3 aliphatic heterocycles. The molecule has 2 amide bonds. The lowest BCUT2D eigenvalue weighted by atomic mass is 9.87. The number of benzene rings is 2. The second-order valence-electron chi connectivity index (χ2n) is 13.6. The number of rotatable bonds is 17. The van der Waals surface area contributed by atoms with Gasteiger partial charge in [-0.25, -0.2) is 13.2 Å². The van der Waals surface area contributed by atoms with Gasteiger partial charge in [0.2, 0.25) is 22.7 Å². The van der Waals surface area contributed by atoms with Crippen LogP contribution >= 0.6 is 0 Å². The van der Waals surface area contributed by atoms with E-state index in [0.29, 0.717) is 50.3 Å². The van der Waals surface area contributed by atoms with Crippen LogP contribution in [0.15, 0.2) is 53.4 Å². The number of hydrogen-bond donors (Lipinski definition) is 4. The van der Waals surface area contributed by atoms with Crippen LogP contribution in [0, 0.1) is 11.3 Å². The largest absolute Gasteiger partial charge is 0.465 e. The van der Waals surface area contributed by atoms with Crippen LogP contribution in [0.2, 0.25) is 0 Å². The van der Waals surface area contributed by atoms with E-state index in [-0.39, 0.29) is 56.2 Å². The first-order chi connectivity index (χ1) is 23.4. The standard InChI is InChI=1S/C34H48N4O10S/c1-34(2,13-6-7-14-36-31(40)18-35)21-37(49(43,44)24-10-11-29-30(17-24)48-22-47-29)19-28(39)26(16-23-8-4-3-5-9-23)38(33(41)42)27-20-46-32-25(27)12-15-45-32/h3-5,8-11,17,25-28,32,39H,6-7,12-16,18-22,35H2,1-2H3,(H,36,40)(H,41,42)/t25-,26-,27-,28+,32+/m0/s1. The van der Waals surface area contributed by atoms with Gasteiger partial charge in [0.1, 0.15) is 0 Å². The number of sulfonamides is 1. The number of hydrogen-bond acceptors (Lipinski definition) is 10. The molecule has 2 fully saturated rings. The Kier molecular flexibility index (Phi) is 12.0. The van der Waals surface area contributed by atoms with Crippen molar-refractivity contribution in [2.24, 2.45) is 17.1 Å². The highest BCUT2D eigenvalue weighted by atomic mass is 32.2. The molecular weight excluding hydrogens is 656 g/mol. The van der Waals surface area contributed by atoms with E-state index in [4.69, 9.17) is 24.7 Å². The minimum Gasteiger partial charge on any atom is -0.465 e. The third-order valence-electron chi connectivity index (χ3n) is 9.44. The summed E-state index contributed by atoms with van der Waals surface area (Å²) >= 11 is 0. The molecule has 15 heteroatoms. The van der Waals surface area contributed by atoms with Gasteiger partial charge in [0, 0.05) is 31.6 Å². The van der Waals surface area contributed by atoms with E-state index in [0.717, 1.165) is 5.56 Å². The molecule has 3 aliphatic rings. The number of ether oxygens (including phenoxy) is 4. The second kappa shape index (κ2) is 16.0. The van der Waals surface area contributed by atoms with Gasteiger partial charge in [-0.3, -0.25) is 9.69 Å². The van der Waals surface area contributed by atoms with Gasteiger partial charge in [-0.15, -0.1) is 0 Å². The highest BCUT2D eigenvalue weighted by Crippen LogP contribution is 2.38. The zero-order valence-electron chi connectivity index (χ0n) is 28.0. The average molecular weight is 705 g/mol. The molecule has 49 heavy (non-hydrogen) atoms. The molecule has 0 bridgehead atoms. The van der Waals surface area contributed by atoms with Crippen molar-refractivity contribution in [3.8, 4) is 11.5 Å². The van der Waals surface area contributed by atoms with Crippen molar-refractivity contribution < 1.29 is 47.2 Å². The molecule has 0 aliphatic carbocycles. The molecule has 270 valence electrons. The third-order valence-corrected chi connectivity index (χ3v) is 11.2. The van der Waals surface area contributed by atoms with Crippen molar-refractivity contribution in [1.29, 1.82) is 0 Å². The molecule has 0 unspecified atom stereocenters. The monoisotopic (exact) mass is 704 g/mol. The fourth-order valence-corrected chi connectivity index (χ4v) is 8.55. The topological polar surface area (TPSA) is 190 Å². The molecule has 0 spiro atoms. The number of carboxylic acid groups (broad SMARTS) is 1. The van der Waals surface area contributed by atoms with Gasteiger partial charge in [-0.1, -0.05) is 50.6 Å². The third kappa shape index (κ3) is 9.01. The van der Waals surface area contributed by atoms with Gasteiger partial charge in [0.05, 0.1) is 42.8 Å². The van der Waals surface area contributed by atoms with E-state index in [1.54, 1.807) is 0 Å². The fraction of sp³-hybridized carbons (Fsp3) is 0.588. The molecule has 0 radical (unpaired) electrons. The van der Waals surface area contributed by atoms with Crippen molar-refractivity contribution in [2.45, 2.75) is 75.3 Å². The maximum absolute atomic E-state index is 14.4. The van der Waals surface area contributed by atoms with Crippen molar-refractivity contribution in [2.75, 3.05) is 46.2 Å². The Hall–Kier alpha value is -3.47. The van der Waals surface area contributed by atoms with Crippen LogP contribution < -0.4 is 20.5 Å². The van der Waals surface area contributed by atoms with Crippen molar-refractivity contribution >= 4 is 22.0 Å². The quantitative estimate of drug-likeness (QED) is 0.177. The number of unbranched alkanes of at least 4 members (excludes halogenated alkanes) is 1. The first-order valence-electron chi connectivity index (χ1n) is 16.7. The predicted molar refractivity (Wildman–Crippen MR) is 178 cm³/mol. The summed E-state index contributed by atoms with van der Waals surface area (Å²) in [7, 11) is -4.23.